The van der Waals surface area contributed by atoms with Crippen molar-refractivity contribution in [3.05, 3.63) is 28.8 Å². The van der Waals surface area contributed by atoms with Crippen molar-refractivity contribution in [2.24, 2.45) is 10.9 Å². The van der Waals surface area contributed by atoms with Crippen LogP contribution in [0.4, 0.5) is 18.9 Å². The third-order valence-corrected chi connectivity index (χ3v) is 8.26. The maximum atomic E-state index is 13.2. The molecule has 0 N–H and O–H groups in total. The molecular weight excluding hydrogens is 425 g/mol. The van der Waals surface area contributed by atoms with Crippen LogP contribution in [0.2, 0.25) is 5.02 Å². The number of carbonyl (C=O) groups excluding carboxylic acids is 1. The molecule has 4 rings (SSSR count). The van der Waals surface area contributed by atoms with E-state index in [0.717, 1.165) is 42.8 Å². The summed E-state index contributed by atoms with van der Waals surface area (Å²) in [7, 11) is -3.32. The van der Waals surface area contributed by atoms with Gasteiger partial charge in [-0.2, -0.15) is 18.2 Å². The highest BCUT2D eigenvalue weighted by molar-refractivity contribution is 8.16. The molecule has 0 unspecified atom stereocenters. The first kappa shape index (κ1) is 19.1. The van der Waals surface area contributed by atoms with Crippen LogP contribution in [0.5, 0.6) is 0 Å². The van der Waals surface area contributed by atoms with E-state index in [1.54, 1.807) is 0 Å². The molecule has 2 aliphatic heterocycles. The number of amides is 1. The van der Waals surface area contributed by atoms with Gasteiger partial charge in [0, 0.05) is 11.2 Å². The van der Waals surface area contributed by atoms with Gasteiger partial charge in [0.25, 0.3) is 5.91 Å². The lowest BCUT2D eigenvalue weighted by atomic mass is 10.1. The molecule has 0 bridgehead atoms. The van der Waals surface area contributed by atoms with Gasteiger partial charge in [0.05, 0.1) is 33.8 Å². The first-order valence-corrected chi connectivity index (χ1v) is 11.3. The number of hydrogen-bond acceptors (Lipinski definition) is 4. The molecule has 1 aliphatic carbocycles. The number of sulfone groups is 1. The number of amidine groups is 1. The third-order valence-electron chi connectivity index (χ3n) is 4.73. The maximum absolute atomic E-state index is 13.2. The van der Waals surface area contributed by atoms with Gasteiger partial charge in [-0.3, -0.25) is 4.79 Å². The zero-order chi connectivity index (χ0) is 19.6. The van der Waals surface area contributed by atoms with E-state index < -0.39 is 32.9 Å². The van der Waals surface area contributed by atoms with E-state index >= 15 is 0 Å². The van der Waals surface area contributed by atoms with Crippen LogP contribution in [0, 0.1) is 5.92 Å². The van der Waals surface area contributed by atoms with E-state index in [9.17, 15) is 26.4 Å². The second-order valence-electron chi connectivity index (χ2n) is 6.84. The normalized spacial score (nSPS) is 28.6. The number of rotatable bonds is 2. The zero-order valence-electron chi connectivity index (χ0n) is 13.7. The molecule has 2 saturated heterocycles. The summed E-state index contributed by atoms with van der Waals surface area (Å²) in [6, 6.07) is 2.27. The number of hydrogen-bond donors (Lipinski definition) is 0. The van der Waals surface area contributed by atoms with Gasteiger partial charge in [-0.1, -0.05) is 23.4 Å². The Morgan fingerprint density at radius 1 is 1.26 bits per heavy atom. The van der Waals surface area contributed by atoms with Crippen LogP contribution in [0.25, 0.3) is 0 Å². The second-order valence-corrected chi connectivity index (χ2v) is 10.6. The molecule has 146 valence electrons. The van der Waals surface area contributed by atoms with Crippen LogP contribution in [-0.4, -0.2) is 42.3 Å². The molecule has 3 aliphatic rings. The highest BCUT2D eigenvalue weighted by Crippen LogP contribution is 2.45. The summed E-state index contributed by atoms with van der Waals surface area (Å²) in [6.45, 7) is 0. The number of nitrogens with zero attached hydrogens (tertiary/aromatic N) is 2. The number of halogens is 4. The lowest BCUT2D eigenvalue weighted by Gasteiger charge is -2.26. The summed E-state index contributed by atoms with van der Waals surface area (Å²) in [5.41, 5.74) is -0.880. The Balaban J connectivity index is 1.79. The van der Waals surface area contributed by atoms with Crippen molar-refractivity contribution >= 4 is 50.0 Å². The Morgan fingerprint density at radius 2 is 1.96 bits per heavy atom. The van der Waals surface area contributed by atoms with Crippen LogP contribution in [0.3, 0.4) is 0 Å². The van der Waals surface area contributed by atoms with Gasteiger partial charge in [-0.05, 0) is 31.0 Å². The molecular formula is C16H14ClF3N2O3S2. The van der Waals surface area contributed by atoms with Gasteiger partial charge >= 0.3 is 6.18 Å². The average molecular weight is 439 g/mol. The zero-order valence-corrected chi connectivity index (χ0v) is 16.1. The largest absolute Gasteiger partial charge is 0.416 e. The Labute approximate surface area is 162 Å². The summed E-state index contributed by atoms with van der Waals surface area (Å²) in [4.78, 5) is 17.6. The predicted octanol–water partition coefficient (Wildman–Crippen LogP) is 3.37. The first-order valence-electron chi connectivity index (χ1n) is 8.21. The summed E-state index contributed by atoms with van der Waals surface area (Å²) < 4.78 is 63.5. The van der Waals surface area contributed by atoms with Crippen LogP contribution < -0.4 is 4.90 Å². The quantitative estimate of drug-likeness (QED) is 0.708. The van der Waals surface area contributed by atoms with Crippen molar-refractivity contribution in [2.75, 3.05) is 16.4 Å². The summed E-state index contributed by atoms with van der Waals surface area (Å²) in [5, 5.41) is -0.135. The molecule has 2 atom stereocenters. The monoisotopic (exact) mass is 438 g/mol. The Hall–Kier alpha value is -1.26. The van der Waals surface area contributed by atoms with Crippen molar-refractivity contribution in [1.29, 1.82) is 0 Å². The molecule has 1 saturated carbocycles. The van der Waals surface area contributed by atoms with E-state index in [-0.39, 0.29) is 39.2 Å². The highest BCUT2D eigenvalue weighted by Gasteiger charge is 2.50. The molecule has 3 fully saturated rings. The Morgan fingerprint density at radius 3 is 2.59 bits per heavy atom. The maximum Gasteiger partial charge on any atom is 0.416 e. The lowest BCUT2D eigenvalue weighted by molar-refractivity contribution is -0.137. The number of benzene rings is 1. The number of thioether (sulfide) groups is 1. The van der Waals surface area contributed by atoms with Crippen LogP contribution in [0.1, 0.15) is 18.4 Å². The minimum Gasteiger partial charge on any atom is -0.314 e. The van der Waals surface area contributed by atoms with Gasteiger partial charge in [0.1, 0.15) is 0 Å². The predicted molar refractivity (Wildman–Crippen MR) is 97.9 cm³/mol. The molecule has 0 aromatic heterocycles. The number of aliphatic imine (C=N–C) groups is 1. The van der Waals surface area contributed by atoms with Gasteiger partial charge in [-0.15, -0.1) is 0 Å². The fourth-order valence-corrected chi connectivity index (χ4v) is 7.36. The average Bonchev–Trinajstić information content (AvgIpc) is 3.28. The smallest absolute Gasteiger partial charge is 0.314 e. The van der Waals surface area contributed by atoms with Crippen LogP contribution >= 0.6 is 23.4 Å². The van der Waals surface area contributed by atoms with Gasteiger partial charge < -0.3 is 4.90 Å². The van der Waals surface area contributed by atoms with E-state index in [1.165, 1.54) is 4.90 Å². The van der Waals surface area contributed by atoms with Gasteiger partial charge in [0.15, 0.2) is 15.0 Å². The second kappa shape index (κ2) is 6.38. The molecule has 11 heteroatoms. The SMILES string of the molecule is O=C(N=C1S[C@@H]2CS(=O)(=O)C[C@H]2N1c1cc(C(F)(F)F)ccc1Cl)C1CC1. The van der Waals surface area contributed by atoms with Gasteiger partial charge in [0.2, 0.25) is 0 Å². The van der Waals surface area contributed by atoms with Gasteiger partial charge in [-0.25, -0.2) is 8.42 Å². The molecule has 5 nitrogen and oxygen atoms in total. The van der Waals surface area contributed by atoms with E-state index in [0.29, 0.717) is 0 Å². The molecule has 1 aromatic carbocycles. The third kappa shape index (κ3) is 3.71. The van der Waals surface area contributed by atoms with Crippen molar-refractivity contribution in [1.82, 2.24) is 0 Å². The number of fused-ring (bicyclic) bond motifs is 1. The van der Waals surface area contributed by atoms with E-state index in [1.807, 2.05) is 0 Å². The summed E-state index contributed by atoms with van der Waals surface area (Å²) in [6.07, 6.45) is -3.09. The Kier molecular flexibility index (Phi) is 4.51. The fourth-order valence-electron chi connectivity index (χ4n) is 3.24. The van der Waals surface area contributed by atoms with Crippen molar-refractivity contribution in [3.63, 3.8) is 0 Å². The molecule has 2 heterocycles. The molecule has 0 radical (unpaired) electrons. The van der Waals surface area contributed by atoms with Crippen molar-refractivity contribution in [3.8, 4) is 0 Å². The Bertz CT molecular complexity index is 945. The first-order chi connectivity index (χ1) is 12.5. The summed E-state index contributed by atoms with van der Waals surface area (Å²) in [5.74, 6) is -0.797. The van der Waals surface area contributed by atoms with E-state index in [4.69, 9.17) is 11.6 Å². The highest BCUT2D eigenvalue weighted by atomic mass is 35.5. The topological polar surface area (TPSA) is 66.8 Å². The molecule has 1 amide bonds. The standard InChI is InChI=1S/C16H14ClF3N2O3S2/c17-10-4-3-9(16(18,19)20)5-11(10)22-12-6-27(24,25)7-13(12)26-15(22)21-14(23)8-1-2-8/h3-5,8,12-13H,1-2,6-7H2/t12-,13-/m1/s1. The summed E-state index contributed by atoms with van der Waals surface area (Å²) >= 11 is 7.28. The van der Waals surface area contributed by atoms with Crippen LogP contribution in [-0.2, 0) is 20.8 Å². The number of anilines is 1. The minimum absolute atomic E-state index is 0.0194. The molecule has 1 aromatic rings. The molecule has 0 spiro atoms. The lowest BCUT2D eigenvalue weighted by Crippen LogP contribution is -2.38. The van der Waals surface area contributed by atoms with Crippen molar-refractivity contribution in [2.45, 2.75) is 30.3 Å². The minimum atomic E-state index is -4.57. The molecule has 27 heavy (non-hydrogen) atoms. The van der Waals surface area contributed by atoms with Crippen molar-refractivity contribution < 1.29 is 26.4 Å². The van der Waals surface area contributed by atoms with E-state index in [2.05, 4.69) is 4.99 Å². The van der Waals surface area contributed by atoms with Crippen LogP contribution in [0.15, 0.2) is 23.2 Å². The number of alkyl halides is 3. The fraction of sp³-hybridized carbons (Fsp3) is 0.500. The number of carbonyl (C=O) groups is 1.